The number of imide groups is 1. The summed E-state index contributed by atoms with van der Waals surface area (Å²) in [5.74, 6) is -1.89. The van der Waals surface area contributed by atoms with Gasteiger partial charge in [0.05, 0.1) is 18.4 Å². The molecule has 0 aliphatic carbocycles. The van der Waals surface area contributed by atoms with E-state index in [2.05, 4.69) is 24.5 Å². The summed E-state index contributed by atoms with van der Waals surface area (Å²) in [7, 11) is 0. The molecule has 3 amide bonds. The van der Waals surface area contributed by atoms with E-state index in [1.807, 2.05) is 42.5 Å². The zero-order chi connectivity index (χ0) is 21.9. The average molecular weight is 438 g/mol. The smallest absolute Gasteiger partial charge is 0.250 e. The Balaban J connectivity index is 1.60. The Morgan fingerprint density at radius 1 is 1.03 bits per heavy atom. The molecule has 2 aromatic carbocycles. The summed E-state index contributed by atoms with van der Waals surface area (Å²) >= 11 is 6.30. The highest BCUT2D eigenvalue weighted by Gasteiger charge is 2.70. The van der Waals surface area contributed by atoms with Crippen LogP contribution in [-0.4, -0.2) is 28.7 Å². The predicted molar refractivity (Wildman–Crippen MR) is 117 cm³/mol. The van der Waals surface area contributed by atoms with E-state index in [4.69, 9.17) is 11.6 Å². The van der Waals surface area contributed by atoms with E-state index in [1.165, 1.54) is 4.90 Å². The lowest BCUT2D eigenvalue weighted by Gasteiger charge is -2.30. The van der Waals surface area contributed by atoms with Crippen LogP contribution in [0.3, 0.4) is 0 Å². The lowest BCUT2D eigenvalue weighted by molar-refractivity contribution is -0.143. The van der Waals surface area contributed by atoms with Gasteiger partial charge in [-0.3, -0.25) is 24.6 Å². The van der Waals surface area contributed by atoms with Gasteiger partial charge >= 0.3 is 0 Å². The van der Waals surface area contributed by atoms with Crippen molar-refractivity contribution in [2.75, 3.05) is 5.32 Å². The summed E-state index contributed by atoms with van der Waals surface area (Å²) in [6, 6.07) is 14.3. The number of benzene rings is 2. The maximum atomic E-state index is 13.7. The van der Waals surface area contributed by atoms with Crippen LogP contribution in [0.25, 0.3) is 0 Å². The third-order valence-corrected chi connectivity index (χ3v) is 7.09. The van der Waals surface area contributed by atoms with Gasteiger partial charge < -0.3 is 5.32 Å². The van der Waals surface area contributed by atoms with E-state index in [-0.39, 0.29) is 30.3 Å². The van der Waals surface area contributed by atoms with E-state index < -0.39 is 17.4 Å². The number of halogens is 1. The fourth-order valence-electron chi connectivity index (χ4n) is 5.48. The molecule has 2 unspecified atom stereocenters. The Labute approximate surface area is 185 Å². The molecule has 3 heterocycles. The van der Waals surface area contributed by atoms with Crippen LogP contribution in [0.2, 0.25) is 5.02 Å². The maximum absolute atomic E-state index is 13.7. The monoisotopic (exact) mass is 437 g/mol. The number of rotatable bonds is 4. The van der Waals surface area contributed by atoms with Crippen molar-refractivity contribution in [2.45, 2.75) is 38.4 Å². The molecule has 6 nitrogen and oxygen atoms in total. The van der Waals surface area contributed by atoms with Crippen LogP contribution in [0.1, 0.15) is 31.4 Å². The number of carbonyl (C=O) groups is 3. The van der Waals surface area contributed by atoms with E-state index in [0.717, 1.165) is 5.56 Å². The molecule has 3 aliphatic rings. The highest BCUT2D eigenvalue weighted by atomic mass is 35.5. The van der Waals surface area contributed by atoms with Crippen LogP contribution in [-0.2, 0) is 26.5 Å². The lowest BCUT2D eigenvalue weighted by Crippen LogP contribution is -2.53. The zero-order valence-corrected chi connectivity index (χ0v) is 18.1. The molecule has 2 saturated heterocycles. The number of nitrogens with one attached hydrogen (secondary N) is 2. The van der Waals surface area contributed by atoms with Gasteiger partial charge in [-0.05, 0) is 30.0 Å². The summed E-state index contributed by atoms with van der Waals surface area (Å²) in [6.07, 6.45) is 0.692. The van der Waals surface area contributed by atoms with Crippen molar-refractivity contribution in [3.8, 4) is 0 Å². The summed E-state index contributed by atoms with van der Waals surface area (Å²) in [5, 5.41) is 6.89. The number of fused-ring (bicyclic) bond motifs is 4. The first-order chi connectivity index (χ1) is 14.8. The van der Waals surface area contributed by atoms with Gasteiger partial charge in [0.15, 0.2) is 0 Å². The van der Waals surface area contributed by atoms with Gasteiger partial charge in [-0.25, -0.2) is 0 Å². The van der Waals surface area contributed by atoms with Crippen molar-refractivity contribution in [2.24, 2.45) is 17.8 Å². The van der Waals surface area contributed by atoms with E-state index in [9.17, 15) is 14.4 Å². The molecule has 2 aromatic rings. The molecular formula is C24H24ClN3O3. The molecule has 1 spiro atoms. The second-order valence-corrected chi connectivity index (χ2v) is 9.45. The Morgan fingerprint density at radius 3 is 2.48 bits per heavy atom. The number of anilines is 1. The molecule has 31 heavy (non-hydrogen) atoms. The SMILES string of the molecule is CC(C)CC1NC2(C(=O)Nc3ccccc32)[C@@H]2C(=O)N(Cc3ccccc3Cl)C(=O)[C@H]12. The summed E-state index contributed by atoms with van der Waals surface area (Å²) in [4.78, 5) is 41.9. The Hall–Kier alpha value is -2.70. The quantitative estimate of drug-likeness (QED) is 0.719. The molecule has 0 aromatic heterocycles. The van der Waals surface area contributed by atoms with E-state index in [1.54, 1.807) is 6.07 Å². The van der Waals surface area contributed by atoms with Crippen LogP contribution in [0.5, 0.6) is 0 Å². The van der Waals surface area contributed by atoms with Crippen LogP contribution >= 0.6 is 11.6 Å². The third-order valence-electron chi connectivity index (χ3n) is 6.73. The average Bonchev–Trinajstić information content (AvgIpc) is 3.30. The Kier molecular flexibility index (Phi) is 4.68. The van der Waals surface area contributed by atoms with Gasteiger partial charge in [0, 0.05) is 22.3 Å². The fourth-order valence-corrected chi connectivity index (χ4v) is 5.68. The number of amides is 3. The normalized spacial score (nSPS) is 29.1. The van der Waals surface area contributed by atoms with E-state index in [0.29, 0.717) is 28.6 Å². The molecule has 0 bridgehead atoms. The van der Waals surface area contributed by atoms with Crippen molar-refractivity contribution in [3.05, 3.63) is 64.7 Å². The molecule has 5 rings (SSSR count). The molecule has 7 heteroatoms. The molecule has 4 atom stereocenters. The van der Waals surface area contributed by atoms with Crippen LogP contribution in [0, 0.1) is 17.8 Å². The highest BCUT2D eigenvalue weighted by molar-refractivity contribution is 6.31. The van der Waals surface area contributed by atoms with Gasteiger partial charge in [0.2, 0.25) is 17.7 Å². The van der Waals surface area contributed by atoms with Gasteiger partial charge in [-0.1, -0.05) is 61.8 Å². The second-order valence-electron chi connectivity index (χ2n) is 9.05. The Bertz CT molecular complexity index is 1100. The molecular weight excluding hydrogens is 414 g/mol. The zero-order valence-electron chi connectivity index (χ0n) is 17.4. The maximum Gasteiger partial charge on any atom is 0.250 e. The van der Waals surface area contributed by atoms with Gasteiger partial charge in [0.25, 0.3) is 0 Å². The molecule has 160 valence electrons. The number of hydrogen-bond donors (Lipinski definition) is 2. The molecule has 3 aliphatic heterocycles. The van der Waals surface area contributed by atoms with E-state index >= 15 is 0 Å². The minimum absolute atomic E-state index is 0.109. The van der Waals surface area contributed by atoms with Crippen LogP contribution in [0.4, 0.5) is 5.69 Å². The third kappa shape index (κ3) is 2.85. The fraction of sp³-hybridized carbons (Fsp3) is 0.375. The molecule has 2 fully saturated rings. The van der Waals surface area contributed by atoms with Crippen LogP contribution in [0.15, 0.2) is 48.5 Å². The number of likely N-dealkylation sites (tertiary alicyclic amines) is 1. The van der Waals surface area contributed by atoms with Gasteiger partial charge in [-0.15, -0.1) is 0 Å². The Morgan fingerprint density at radius 2 is 1.74 bits per heavy atom. The second kappa shape index (κ2) is 7.18. The van der Waals surface area contributed by atoms with Crippen LogP contribution < -0.4 is 10.6 Å². The standard InChI is InChI=1S/C24H24ClN3O3/c1-13(2)11-18-19-20(24(27-18)15-8-4-6-10-17(15)26-23(24)31)22(30)28(21(19)29)12-14-7-3-5-9-16(14)25/h3-10,13,18-20,27H,11-12H2,1-2H3,(H,26,31)/t18?,19-,20+,24?/m1/s1. The number of nitrogens with zero attached hydrogens (tertiary/aromatic N) is 1. The number of hydrogen-bond acceptors (Lipinski definition) is 4. The molecule has 0 saturated carbocycles. The first kappa shape index (κ1) is 20.2. The topological polar surface area (TPSA) is 78.5 Å². The minimum atomic E-state index is -1.23. The summed E-state index contributed by atoms with van der Waals surface area (Å²) < 4.78 is 0. The van der Waals surface area contributed by atoms with Crippen molar-refractivity contribution < 1.29 is 14.4 Å². The first-order valence-corrected chi connectivity index (χ1v) is 11.0. The van der Waals surface area contributed by atoms with Gasteiger partial charge in [0.1, 0.15) is 5.54 Å². The van der Waals surface area contributed by atoms with Crippen molar-refractivity contribution in [1.82, 2.24) is 10.2 Å². The van der Waals surface area contributed by atoms with Crippen molar-refractivity contribution in [1.29, 1.82) is 0 Å². The van der Waals surface area contributed by atoms with Gasteiger partial charge in [-0.2, -0.15) is 0 Å². The predicted octanol–water partition coefficient (Wildman–Crippen LogP) is 3.31. The number of carbonyl (C=O) groups excluding carboxylic acids is 3. The van der Waals surface area contributed by atoms with Crippen molar-refractivity contribution in [3.63, 3.8) is 0 Å². The largest absolute Gasteiger partial charge is 0.324 e. The minimum Gasteiger partial charge on any atom is -0.324 e. The lowest BCUT2D eigenvalue weighted by atomic mass is 9.76. The summed E-state index contributed by atoms with van der Waals surface area (Å²) in [6.45, 7) is 4.26. The summed E-state index contributed by atoms with van der Waals surface area (Å²) in [5.41, 5.74) is 0.906. The number of para-hydroxylation sites is 1. The molecule has 0 radical (unpaired) electrons. The first-order valence-electron chi connectivity index (χ1n) is 10.6. The highest BCUT2D eigenvalue weighted by Crippen LogP contribution is 2.53. The molecule has 2 N–H and O–H groups in total. The van der Waals surface area contributed by atoms with Crippen molar-refractivity contribution >= 4 is 35.0 Å².